The van der Waals surface area contributed by atoms with Crippen molar-refractivity contribution in [1.82, 2.24) is 0 Å². The molecule has 0 bridgehead atoms. The zero-order chi connectivity index (χ0) is 23.7. The summed E-state index contributed by atoms with van der Waals surface area (Å²) in [6, 6.07) is 0. The van der Waals surface area contributed by atoms with E-state index in [1.165, 1.54) is 56.9 Å². The lowest BCUT2D eigenvalue weighted by Crippen LogP contribution is -2.57. The summed E-state index contributed by atoms with van der Waals surface area (Å²) in [7, 11) is 0. The third-order valence-corrected chi connectivity index (χ3v) is 11.3. The van der Waals surface area contributed by atoms with Gasteiger partial charge in [-0.15, -0.1) is 0 Å². The fourth-order valence-corrected chi connectivity index (χ4v) is 10.3. The van der Waals surface area contributed by atoms with E-state index in [1.54, 1.807) is 0 Å². The van der Waals surface area contributed by atoms with Crippen LogP contribution >= 0.6 is 0 Å². The van der Waals surface area contributed by atoms with Crippen LogP contribution in [0.5, 0.6) is 0 Å². The number of ketones is 1. The van der Waals surface area contributed by atoms with Gasteiger partial charge in [0.1, 0.15) is 5.78 Å². The van der Waals surface area contributed by atoms with Gasteiger partial charge in [-0.1, -0.05) is 79.4 Å². The molecule has 0 amide bonds. The van der Waals surface area contributed by atoms with Crippen LogP contribution in [0.25, 0.3) is 0 Å². The SMILES string of the molecule is CC(C)CCCC(C)C1CCC2C3CC=C4C(C)(C)C(=O)C(C)(C)CC4(C)C3CCC12C. The Hall–Kier alpha value is -0.590. The fraction of sp³-hybridized carbons (Fsp3) is 0.903. The number of fused-ring (bicyclic) bond motifs is 5. The van der Waals surface area contributed by atoms with E-state index in [2.05, 4.69) is 68.4 Å². The molecule has 0 radical (unpaired) electrons. The number of carbonyl (C=O) groups is 1. The first-order chi connectivity index (χ1) is 14.7. The third-order valence-electron chi connectivity index (χ3n) is 11.3. The molecule has 0 spiro atoms. The van der Waals surface area contributed by atoms with Crippen LogP contribution in [0.1, 0.15) is 120 Å². The van der Waals surface area contributed by atoms with Crippen LogP contribution in [-0.2, 0) is 4.79 Å². The Morgan fingerprint density at radius 2 is 1.62 bits per heavy atom. The molecule has 0 N–H and O–H groups in total. The van der Waals surface area contributed by atoms with Crippen molar-refractivity contribution in [3.05, 3.63) is 11.6 Å². The second-order valence-corrected chi connectivity index (χ2v) is 14.7. The van der Waals surface area contributed by atoms with Gasteiger partial charge in [0.2, 0.25) is 0 Å². The van der Waals surface area contributed by atoms with E-state index in [1.807, 2.05) is 0 Å². The van der Waals surface area contributed by atoms with Crippen LogP contribution in [-0.4, -0.2) is 5.78 Å². The molecule has 4 rings (SSSR count). The molecule has 0 aromatic carbocycles. The van der Waals surface area contributed by atoms with E-state index < -0.39 is 0 Å². The molecule has 7 unspecified atom stereocenters. The Morgan fingerprint density at radius 3 is 2.28 bits per heavy atom. The van der Waals surface area contributed by atoms with Gasteiger partial charge in [0.25, 0.3) is 0 Å². The van der Waals surface area contributed by atoms with Crippen LogP contribution in [0.3, 0.4) is 0 Å². The second kappa shape index (κ2) is 7.98. The third kappa shape index (κ3) is 3.58. The average Bonchev–Trinajstić information content (AvgIpc) is 3.03. The molecule has 0 aliphatic heterocycles. The number of allylic oxidation sites excluding steroid dienone is 2. The van der Waals surface area contributed by atoms with Crippen LogP contribution in [0.4, 0.5) is 0 Å². The molecular weight excluding hydrogens is 388 g/mol. The summed E-state index contributed by atoms with van der Waals surface area (Å²) in [6.45, 7) is 21.4. The predicted octanol–water partition coefficient (Wildman–Crippen LogP) is 8.87. The Labute approximate surface area is 199 Å². The summed E-state index contributed by atoms with van der Waals surface area (Å²) in [5.74, 6) is 5.57. The van der Waals surface area contributed by atoms with E-state index in [0.717, 1.165) is 41.9 Å². The largest absolute Gasteiger partial charge is 0.298 e. The summed E-state index contributed by atoms with van der Waals surface area (Å²) in [5, 5.41) is 0. The summed E-state index contributed by atoms with van der Waals surface area (Å²) >= 11 is 0. The predicted molar refractivity (Wildman–Crippen MR) is 136 cm³/mol. The first kappa shape index (κ1) is 24.5. The van der Waals surface area contributed by atoms with Crippen molar-refractivity contribution in [1.29, 1.82) is 0 Å². The highest BCUT2D eigenvalue weighted by molar-refractivity contribution is 5.93. The van der Waals surface area contributed by atoms with Crippen molar-refractivity contribution in [3.8, 4) is 0 Å². The van der Waals surface area contributed by atoms with Gasteiger partial charge in [-0.3, -0.25) is 4.79 Å². The Morgan fingerprint density at radius 1 is 0.938 bits per heavy atom. The van der Waals surface area contributed by atoms with Crippen molar-refractivity contribution in [2.24, 2.45) is 57.2 Å². The van der Waals surface area contributed by atoms with Crippen molar-refractivity contribution in [2.75, 3.05) is 0 Å². The number of rotatable bonds is 5. The van der Waals surface area contributed by atoms with Gasteiger partial charge in [-0.2, -0.15) is 0 Å². The average molecular weight is 441 g/mol. The van der Waals surface area contributed by atoms with Crippen molar-refractivity contribution in [2.45, 2.75) is 120 Å². The highest BCUT2D eigenvalue weighted by Gasteiger charge is 2.63. The van der Waals surface area contributed by atoms with Crippen LogP contribution in [0.15, 0.2) is 11.6 Å². The molecule has 0 saturated heterocycles. The van der Waals surface area contributed by atoms with Gasteiger partial charge in [0.15, 0.2) is 0 Å². The lowest BCUT2D eigenvalue weighted by atomic mass is 9.41. The van der Waals surface area contributed by atoms with Gasteiger partial charge < -0.3 is 0 Å². The van der Waals surface area contributed by atoms with Crippen molar-refractivity contribution < 1.29 is 4.79 Å². The Balaban J connectivity index is 1.59. The van der Waals surface area contributed by atoms with Gasteiger partial charge in [0.05, 0.1) is 0 Å². The molecule has 182 valence electrons. The molecular formula is C31H52O. The summed E-state index contributed by atoms with van der Waals surface area (Å²) in [5.41, 5.74) is 1.73. The minimum atomic E-state index is -0.300. The molecule has 32 heavy (non-hydrogen) atoms. The summed E-state index contributed by atoms with van der Waals surface area (Å²) in [4.78, 5) is 13.4. The molecule has 0 aromatic heterocycles. The molecule has 1 nitrogen and oxygen atoms in total. The van der Waals surface area contributed by atoms with Crippen molar-refractivity contribution >= 4 is 5.78 Å². The second-order valence-electron chi connectivity index (χ2n) is 14.7. The normalized spacial score (nSPS) is 43.3. The number of hydrogen-bond acceptors (Lipinski definition) is 1. The first-order valence-electron chi connectivity index (χ1n) is 14.0. The van der Waals surface area contributed by atoms with E-state index in [0.29, 0.717) is 11.2 Å². The smallest absolute Gasteiger partial charge is 0.148 e. The molecule has 1 heteroatoms. The van der Waals surface area contributed by atoms with E-state index in [4.69, 9.17) is 0 Å². The van der Waals surface area contributed by atoms with E-state index in [9.17, 15) is 4.79 Å². The van der Waals surface area contributed by atoms with E-state index in [-0.39, 0.29) is 16.2 Å². The maximum atomic E-state index is 13.4. The standard InChI is InChI=1S/C31H52O/c1-20(2)11-10-12-21(3)23-14-15-24-22-13-16-26-29(6,7)27(32)28(4,5)19-31(26,9)25(22)17-18-30(23,24)8/h16,20-25H,10-15,17-19H2,1-9H3. The quantitative estimate of drug-likeness (QED) is 0.390. The van der Waals surface area contributed by atoms with E-state index >= 15 is 0 Å². The van der Waals surface area contributed by atoms with Gasteiger partial charge in [-0.05, 0) is 98.7 Å². The fourth-order valence-electron chi connectivity index (χ4n) is 10.3. The molecule has 7 atom stereocenters. The first-order valence-corrected chi connectivity index (χ1v) is 14.0. The Kier molecular flexibility index (Phi) is 6.12. The zero-order valence-corrected chi connectivity index (χ0v) is 22.8. The molecule has 4 aliphatic carbocycles. The molecule has 3 fully saturated rings. The molecule has 0 aromatic rings. The summed E-state index contributed by atoms with van der Waals surface area (Å²) < 4.78 is 0. The molecule has 0 heterocycles. The molecule has 4 aliphatic rings. The maximum Gasteiger partial charge on any atom is 0.148 e. The minimum Gasteiger partial charge on any atom is -0.298 e. The van der Waals surface area contributed by atoms with Crippen LogP contribution in [0.2, 0.25) is 0 Å². The maximum absolute atomic E-state index is 13.4. The monoisotopic (exact) mass is 440 g/mol. The van der Waals surface area contributed by atoms with Crippen LogP contribution < -0.4 is 0 Å². The van der Waals surface area contributed by atoms with Crippen molar-refractivity contribution in [3.63, 3.8) is 0 Å². The van der Waals surface area contributed by atoms with Gasteiger partial charge in [-0.25, -0.2) is 0 Å². The van der Waals surface area contributed by atoms with Gasteiger partial charge in [0, 0.05) is 10.8 Å². The lowest BCUT2D eigenvalue weighted by Gasteiger charge is -2.62. The highest BCUT2D eigenvalue weighted by Crippen LogP contribution is 2.70. The lowest BCUT2D eigenvalue weighted by molar-refractivity contribution is -0.145. The summed E-state index contributed by atoms with van der Waals surface area (Å²) in [6.07, 6.45) is 14.7. The highest BCUT2D eigenvalue weighted by atomic mass is 16.1. The number of hydrogen-bond donors (Lipinski definition) is 0. The van der Waals surface area contributed by atoms with Crippen LogP contribution in [0, 0.1) is 57.2 Å². The Bertz CT molecular complexity index is 769. The zero-order valence-electron chi connectivity index (χ0n) is 22.8. The minimum absolute atomic E-state index is 0.201. The van der Waals surface area contributed by atoms with Gasteiger partial charge >= 0.3 is 0 Å². The molecule has 3 saturated carbocycles. The number of Topliss-reactive ketones (excluding diaryl/α,β-unsaturated/α-hetero) is 1. The topological polar surface area (TPSA) is 17.1 Å². The number of carbonyl (C=O) groups excluding carboxylic acids is 1.